The third-order valence-electron chi connectivity index (χ3n) is 4.59. The van der Waals surface area contributed by atoms with Gasteiger partial charge in [0.15, 0.2) is 5.76 Å². The summed E-state index contributed by atoms with van der Waals surface area (Å²) in [5.74, 6) is 2.66. The van der Waals surface area contributed by atoms with Crippen molar-refractivity contribution in [3.8, 4) is 11.5 Å². The van der Waals surface area contributed by atoms with Crippen molar-refractivity contribution in [2.75, 3.05) is 20.3 Å². The van der Waals surface area contributed by atoms with Crippen molar-refractivity contribution in [1.29, 1.82) is 0 Å². The zero-order valence-electron chi connectivity index (χ0n) is 15.1. The van der Waals surface area contributed by atoms with Crippen LogP contribution >= 0.6 is 0 Å². The van der Waals surface area contributed by atoms with Gasteiger partial charge >= 0.3 is 0 Å². The average Bonchev–Trinajstić information content (AvgIpc) is 3.38. The van der Waals surface area contributed by atoms with Crippen LogP contribution in [0.2, 0.25) is 0 Å². The number of methoxy groups -OCH3 is 1. The van der Waals surface area contributed by atoms with Crippen LogP contribution < -0.4 is 14.8 Å². The number of ether oxygens (including phenoxy) is 2. The number of fused-ring (bicyclic) bond motifs is 1. The fraction of sp³-hybridized carbons (Fsp3) is 0.300. The summed E-state index contributed by atoms with van der Waals surface area (Å²) >= 11 is 0. The second-order valence-electron chi connectivity index (χ2n) is 6.57. The Morgan fingerprint density at radius 1 is 1.37 bits per heavy atom. The summed E-state index contributed by atoms with van der Waals surface area (Å²) in [5.41, 5.74) is 1.13. The van der Waals surface area contributed by atoms with E-state index in [2.05, 4.69) is 10.3 Å². The zero-order chi connectivity index (χ0) is 18.6. The second-order valence-corrected chi connectivity index (χ2v) is 6.57. The first-order valence-electron chi connectivity index (χ1n) is 8.83. The largest absolute Gasteiger partial charge is 0.497 e. The van der Waals surface area contributed by atoms with E-state index in [1.54, 1.807) is 25.7 Å². The topological polar surface area (TPSA) is 78.5 Å². The Hall–Kier alpha value is -3.22. The lowest BCUT2D eigenvalue weighted by Gasteiger charge is -2.25. The highest BCUT2D eigenvalue weighted by Gasteiger charge is 2.22. The molecule has 4 rings (SSSR count). The van der Waals surface area contributed by atoms with E-state index in [1.165, 1.54) is 0 Å². The van der Waals surface area contributed by atoms with E-state index < -0.39 is 0 Å². The van der Waals surface area contributed by atoms with Crippen LogP contribution in [-0.4, -0.2) is 35.7 Å². The summed E-state index contributed by atoms with van der Waals surface area (Å²) in [6.07, 6.45) is 6.11. The van der Waals surface area contributed by atoms with E-state index in [0.717, 1.165) is 23.5 Å². The molecule has 140 valence electrons. The standard InChI is InChI=1S/C20H21N3O4/c1-25-16-3-2-15-8-14(12-26-19(15)9-16)10-22-20(24)18-5-4-17(27-18)11-23-7-6-21-13-23/h2-7,9,13-14H,8,10-12H2,1H3,(H,22,24). The van der Waals surface area contributed by atoms with Crippen LogP contribution in [0.25, 0.3) is 0 Å². The Morgan fingerprint density at radius 2 is 2.30 bits per heavy atom. The zero-order valence-corrected chi connectivity index (χ0v) is 15.1. The number of carbonyl (C=O) groups is 1. The lowest BCUT2D eigenvalue weighted by atomic mass is 9.96. The molecule has 0 saturated heterocycles. The summed E-state index contributed by atoms with van der Waals surface area (Å²) in [5, 5.41) is 2.94. The predicted molar refractivity (Wildman–Crippen MR) is 98.1 cm³/mol. The molecule has 3 aromatic rings. The van der Waals surface area contributed by atoms with Gasteiger partial charge < -0.3 is 23.8 Å². The van der Waals surface area contributed by atoms with Gasteiger partial charge in [0, 0.05) is 30.9 Å². The van der Waals surface area contributed by atoms with Crippen LogP contribution in [0.3, 0.4) is 0 Å². The number of nitrogens with zero attached hydrogens (tertiary/aromatic N) is 2. The van der Waals surface area contributed by atoms with Gasteiger partial charge in [-0.1, -0.05) is 6.07 Å². The molecule has 1 aromatic carbocycles. The van der Waals surface area contributed by atoms with E-state index >= 15 is 0 Å². The lowest BCUT2D eigenvalue weighted by Crippen LogP contribution is -2.34. The molecule has 1 atom stereocenters. The second kappa shape index (κ2) is 7.57. The summed E-state index contributed by atoms with van der Waals surface area (Å²) in [7, 11) is 1.64. The molecule has 0 aliphatic carbocycles. The molecular formula is C20H21N3O4. The number of carbonyl (C=O) groups excluding carboxylic acids is 1. The van der Waals surface area contributed by atoms with Gasteiger partial charge in [-0.15, -0.1) is 0 Å². The van der Waals surface area contributed by atoms with Crippen molar-refractivity contribution in [2.45, 2.75) is 13.0 Å². The predicted octanol–water partition coefficient (Wildman–Crippen LogP) is 2.51. The first-order valence-corrected chi connectivity index (χ1v) is 8.83. The smallest absolute Gasteiger partial charge is 0.287 e. The van der Waals surface area contributed by atoms with Gasteiger partial charge in [0.1, 0.15) is 17.3 Å². The fourth-order valence-electron chi connectivity index (χ4n) is 3.14. The molecular weight excluding hydrogens is 346 g/mol. The molecule has 0 radical (unpaired) electrons. The maximum atomic E-state index is 12.4. The summed E-state index contributed by atoms with van der Waals surface area (Å²) in [6.45, 7) is 1.64. The van der Waals surface area contributed by atoms with Crippen LogP contribution in [0.1, 0.15) is 21.9 Å². The van der Waals surface area contributed by atoms with Gasteiger partial charge in [0.25, 0.3) is 5.91 Å². The SMILES string of the molecule is COc1ccc2c(c1)OCC(CNC(=O)c1ccc(Cn3ccnc3)o1)C2. The maximum absolute atomic E-state index is 12.4. The van der Waals surface area contributed by atoms with E-state index in [4.69, 9.17) is 13.9 Å². The Kier molecular flexibility index (Phi) is 4.82. The molecule has 7 nitrogen and oxygen atoms in total. The number of imidazole rings is 1. The van der Waals surface area contributed by atoms with Crippen molar-refractivity contribution < 1.29 is 18.7 Å². The highest BCUT2D eigenvalue weighted by molar-refractivity contribution is 5.91. The number of hydrogen-bond acceptors (Lipinski definition) is 5. The number of benzene rings is 1. The molecule has 1 aliphatic rings. The third kappa shape index (κ3) is 3.97. The number of hydrogen-bond donors (Lipinski definition) is 1. The Bertz CT molecular complexity index is 917. The number of nitrogens with one attached hydrogen (secondary N) is 1. The molecule has 1 amide bonds. The average molecular weight is 367 g/mol. The van der Waals surface area contributed by atoms with Gasteiger partial charge in [0.05, 0.1) is 26.6 Å². The molecule has 0 fully saturated rings. The van der Waals surface area contributed by atoms with Crippen molar-refractivity contribution in [1.82, 2.24) is 14.9 Å². The van der Waals surface area contributed by atoms with Crippen LogP contribution in [-0.2, 0) is 13.0 Å². The molecule has 0 saturated carbocycles. The third-order valence-corrected chi connectivity index (χ3v) is 4.59. The van der Waals surface area contributed by atoms with Crippen LogP contribution in [0.5, 0.6) is 11.5 Å². The number of furan rings is 1. The first-order chi connectivity index (χ1) is 13.2. The summed E-state index contributed by atoms with van der Waals surface area (Å²) in [4.78, 5) is 16.3. The van der Waals surface area contributed by atoms with E-state index in [1.807, 2.05) is 35.0 Å². The first kappa shape index (κ1) is 17.2. The molecule has 1 N–H and O–H groups in total. The van der Waals surface area contributed by atoms with Gasteiger partial charge in [-0.25, -0.2) is 4.98 Å². The number of aromatic nitrogens is 2. The summed E-state index contributed by atoms with van der Waals surface area (Å²) < 4.78 is 18.5. The van der Waals surface area contributed by atoms with E-state index in [-0.39, 0.29) is 11.8 Å². The molecule has 0 bridgehead atoms. The molecule has 1 aliphatic heterocycles. The highest BCUT2D eigenvalue weighted by Crippen LogP contribution is 2.30. The summed E-state index contributed by atoms with van der Waals surface area (Å²) in [6, 6.07) is 9.34. The Labute approximate surface area is 156 Å². The van der Waals surface area contributed by atoms with Crippen molar-refractivity contribution >= 4 is 5.91 Å². The van der Waals surface area contributed by atoms with Gasteiger partial charge in [-0.3, -0.25) is 4.79 Å². The van der Waals surface area contributed by atoms with Crippen LogP contribution in [0, 0.1) is 5.92 Å². The molecule has 1 unspecified atom stereocenters. The lowest BCUT2D eigenvalue weighted by molar-refractivity contribution is 0.0909. The van der Waals surface area contributed by atoms with Gasteiger partial charge in [-0.2, -0.15) is 0 Å². The Balaban J connectivity index is 1.31. The quantitative estimate of drug-likeness (QED) is 0.724. The van der Waals surface area contributed by atoms with Crippen LogP contribution in [0.15, 0.2) is 53.5 Å². The molecule has 3 heterocycles. The van der Waals surface area contributed by atoms with E-state index in [0.29, 0.717) is 31.2 Å². The number of amides is 1. The molecule has 7 heteroatoms. The molecule has 27 heavy (non-hydrogen) atoms. The van der Waals surface area contributed by atoms with Crippen molar-refractivity contribution in [3.05, 3.63) is 66.1 Å². The normalized spacial score (nSPS) is 15.7. The number of rotatable bonds is 6. The van der Waals surface area contributed by atoms with Crippen molar-refractivity contribution in [2.24, 2.45) is 5.92 Å². The van der Waals surface area contributed by atoms with Gasteiger partial charge in [0.2, 0.25) is 0 Å². The molecule has 2 aromatic heterocycles. The van der Waals surface area contributed by atoms with E-state index in [9.17, 15) is 4.79 Å². The minimum absolute atomic E-state index is 0.215. The van der Waals surface area contributed by atoms with Gasteiger partial charge in [-0.05, 0) is 30.2 Å². The Morgan fingerprint density at radius 3 is 3.11 bits per heavy atom. The van der Waals surface area contributed by atoms with Crippen molar-refractivity contribution in [3.63, 3.8) is 0 Å². The fourth-order valence-corrected chi connectivity index (χ4v) is 3.14. The van der Waals surface area contributed by atoms with Crippen LogP contribution in [0.4, 0.5) is 0 Å². The minimum atomic E-state index is -0.215. The maximum Gasteiger partial charge on any atom is 0.287 e. The highest BCUT2D eigenvalue weighted by atomic mass is 16.5. The molecule has 0 spiro atoms. The minimum Gasteiger partial charge on any atom is -0.497 e. The monoisotopic (exact) mass is 367 g/mol.